The van der Waals surface area contributed by atoms with E-state index in [0.29, 0.717) is 0 Å². The zero-order valence-corrected chi connectivity index (χ0v) is 21.2. The molecular weight excluding hydrogens is 554 g/mol. The second kappa shape index (κ2) is 11.0. The Kier molecular flexibility index (Phi) is 7.89. The summed E-state index contributed by atoms with van der Waals surface area (Å²) in [5.41, 5.74) is 5.66. The van der Waals surface area contributed by atoms with Crippen LogP contribution in [0, 0.1) is 0 Å². The van der Waals surface area contributed by atoms with E-state index in [1.165, 1.54) is 7.11 Å². The molecule has 2 saturated heterocycles. The number of pyridine rings is 1. The summed E-state index contributed by atoms with van der Waals surface area (Å²) in [6.07, 6.45) is -8.15. The number of aromatic nitrogens is 4. The molecule has 204 valence electrons. The summed E-state index contributed by atoms with van der Waals surface area (Å²) in [6, 6.07) is 9.50. The predicted molar refractivity (Wildman–Crippen MR) is 127 cm³/mol. The quantitative estimate of drug-likeness (QED) is 0.437. The molecule has 3 aromatic rings. The van der Waals surface area contributed by atoms with E-state index >= 15 is 0 Å². The third kappa shape index (κ3) is 5.38. The Bertz CT molecular complexity index is 1270. The number of ether oxygens (including phenoxy) is 5. The number of nitrogens with two attached hydrogens (primary N) is 1. The molecule has 0 spiro atoms. The van der Waals surface area contributed by atoms with Gasteiger partial charge < -0.3 is 29.4 Å². The zero-order valence-electron chi connectivity index (χ0n) is 19.7. The van der Waals surface area contributed by atoms with Crippen molar-refractivity contribution >= 4 is 23.2 Å². The number of fused-ring (bicyclic) bond motifs is 1. The summed E-state index contributed by atoms with van der Waals surface area (Å²) in [5, 5.41) is 3.58. The van der Waals surface area contributed by atoms with Crippen LogP contribution in [0.4, 0.5) is 13.2 Å². The van der Waals surface area contributed by atoms with Gasteiger partial charge >= 0.3 is 6.18 Å². The molecule has 4 heterocycles. The van der Waals surface area contributed by atoms with Crippen LogP contribution in [0.3, 0.4) is 0 Å². The van der Waals surface area contributed by atoms with Gasteiger partial charge in [-0.25, -0.2) is 9.67 Å². The van der Waals surface area contributed by atoms with E-state index in [-0.39, 0.29) is 29.5 Å². The number of rotatable bonds is 6. The SMILES string of the molecule is COCOC1C(N)[C@H]2OC(c3ccccc3)OCC2O[C@H]1c1nc(Cl)nn1-c1cc(Cl)cnc1C(F)(F)F. The van der Waals surface area contributed by atoms with Crippen LogP contribution in [-0.2, 0) is 29.9 Å². The lowest BCUT2D eigenvalue weighted by Gasteiger charge is -2.48. The number of benzene rings is 1. The molecule has 6 atom stereocenters. The van der Waals surface area contributed by atoms with Crippen LogP contribution in [0.1, 0.15) is 29.5 Å². The summed E-state index contributed by atoms with van der Waals surface area (Å²) < 4.78 is 71.5. The largest absolute Gasteiger partial charge is 0.435 e. The molecular formula is C23H22Cl2F3N5O5. The maximum atomic E-state index is 13.8. The first-order chi connectivity index (χ1) is 18.2. The smallest absolute Gasteiger partial charge is 0.359 e. The van der Waals surface area contributed by atoms with E-state index in [9.17, 15) is 13.2 Å². The molecule has 4 unspecified atom stereocenters. The summed E-state index contributed by atoms with van der Waals surface area (Å²) in [6.45, 7) is -0.109. The first-order valence-corrected chi connectivity index (χ1v) is 12.1. The van der Waals surface area contributed by atoms with Crippen molar-refractivity contribution in [3.63, 3.8) is 0 Å². The van der Waals surface area contributed by atoms with Crippen molar-refractivity contribution in [1.82, 2.24) is 19.7 Å². The fourth-order valence-electron chi connectivity index (χ4n) is 4.46. The normalized spacial score (nSPS) is 27.8. The van der Waals surface area contributed by atoms with Gasteiger partial charge in [-0.15, -0.1) is 5.10 Å². The molecule has 0 radical (unpaired) electrons. The average molecular weight is 576 g/mol. The molecule has 10 nitrogen and oxygen atoms in total. The fraction of sp³-hybridized carbons (Fsp3) is 0.435. The minimum Gasteiger partial charge on any atom is -0.359 e. The van der Waals surface area contributed by atoms with E-state index in [1.54, 1.807) is 0 Å². The van der Waals surface area contributed by atoms with Gasteiger partial charge in [-0.2, -0.15) is 18.2 Å². The van der Waals surface area contributed by atoms with Crippen LogP contribution >= 0.6 is 23.2 Å². The van der Waals surface area contributed by atoms with Gasteiger partial charge in [0.25, 0.3) is 0 Å². The maximum absolute atomic E-state index is 13.8. The van der Waals surface area contributed by atoms with Crippen molar-refractivity contribution in [2.24, 2.45) is 5.73 Å². The third-order valence-electron chi connectivity index (χ3n) is 6.08. The Labute approximate surface area is 224 Å². The maximum Gasteiger partial charge on any atom is 0.435 e. The van der Waals surface area contributed by atoms with Crippen LogP contribution in [0.5, 0.6) is 0 Å². The summed E-state index contributed by atoms with van der Waals surface area (Å²) >= 11 is 12.1. The molecule has 15 heteroatoms. The molecule has 2 aliphatic rings. The topological polar surface area (TPSA) is 116 Å². The molecule has 2 aromatic heterocycles. The Morgan fingerprint density at radius 1 is 1.18 bits per heavy atom. The van der Waals surface area contributed by atoms with Gasteiger partial charge in [-0.1, -0.05) is 41.9 Å². The van der Waals surface area contributed by atoms with Crippen molar-refractivity contribution in [1.29, 1.82) is 0 Å². The van der Waals surface area contributed by atoms with Gasteiger partial charge in [0.1, 0.15) is 31.2 Å². The van der Waals surface area contributed by atoms with Gasteiger partial charge in [0.05, 0.1) is 23.4 Å². The fourth-order valence-corrected chi connectivity index (χ4v) is 4.78. The molecule has 0 bridgehead atoms. The lowest BCUT2D eigenvalue weighted by atomic mass is 9.91. The van der Waals surface area contributed by atoms with Crippen molar-refractivity contribution < 1.29 is 36.9 Å². The van der Waals surface area contributed by atoms with Crippen LogP contribution in [0.15, 0.2) is 42.6 Å². The Hall–Kier alpha value is -2.36. The zero-order chi connectivity index (χ0) is 27.0. The number of halogens is 5. The Balaban J connectivity index is 1.52. The monoisotopic (exact) mass is 575 g/mol. The molecule has 2 aliphatic heterocycles. The van der Waals surface area contributed by atoms with E-state index < -0.39 is 54.3 Å². The lowest BCUT2D eigenvalue weighted by Crippen LogP contribution is -2.63. The lowest BCUT2D eigenvalue weighted by molar-refractivity contribution is -0.316. The number of alkyl halides is 3. The van der Waals surface area contributed by atoms with Crippen LogP contribution in [0.2, 0.25) is 10.3 Å². The molecule has 38 heavy (non-hydrogen) atoms. The van der Waals surface area contributed by atoms with Crippen molar-refractivity contribution in [2.75, 3.05) is 20.5 Å². The van der Waals surface area contributed by atoms with Crippen LogP contribution < -0.4 is 5.73 Å². The molecule has 2 N–H and O–H groups in total. The molecule has 0 amide bonds. The van der Waals surface area contributed by atoms with Gasteiger partial charge in [0.2, 0.25) is 5.28 Å². The highest BCUT2D eigenvalue weighted by atomic mass is 35.5. The summed E-state index contributed by atoms with van der Waals surface area (Å²) in [7, 11) is 1.41. The second-order valence-electron chi connectivity index (χ2n) is 8.56. The van der Waals surface area contributed by atoms with Gasteiger partial charge in [0.15, 0.2) is 17.8 Å². The van der Waals surface area contributed by atoms with Gasteiger partial charge in [0, 0.05) is 18.9 Å². The minimum atomic E-state index is -4.83. The van der Waals surface area contributed by atoms with E-state index in [4.69, 9.17) is 52.6 Å². The number of hydrogen-bond donors (Lipinski definition) is 1. The highest BCUT2D eigenvalue weighted by Crippen LogP contribution is 2.41. The average Bonchev–Trinajstić information content (AvgIpc) is 3.29. The number of nitrogens with zero attached hydrogens (tertiary/aromatic N) is 4. The van der Waals surface area contributed by atoms with E-state index in [0.717, 1.165) is 22.5 Å². The summed E-state index contributed by atoms with van der Waals surface area (Å²) in [4.78, 5) is 7.61. The predicted octanol–water partition coefficient (Wildman–Crippen LogP) is 3.86. The highest BCUT2D eigenvalue weighted by Gasteiger charge is 2.51. The van der Waals surface area contributed by atoms with E-state index in [1.807, 2.05) is 30.3 Å². The molecule has 1 aromatic carbocycles. The van der Waals surface area contributed by atoms with Gasteiger partial charge in [-0.3, -0.25) is 0 Å². The molecule has 0 aliphatic carbocycles. The summed E-state index contributed by atoms with van der Waals surface area (Å²) in [5.74, 6) is -0.107. The Morgan fingerprint density at radius 2 is 1.95 bits per heavy atom. The standard InChI is InChI=1S/C23H22Cl2F3N5O5/c1-34-10-36-17-15(29)16-14(9-35-21(38-16)11-5-3-2-4-6-11)37-18(17)20-31-22(25)32-33(20)13-7-12(24)8-30-19(13)23(26,27)28/h2-8,14-18,21H,9-10,29H2,1H3/t14?,15?,16-,17?,18+,21?/m0/s1. The van der Waals surface area contributed by atoms with Crippen molar-refractivity contribution in [2.45, 2.75) is 42.9 Å². The van der Waals surface area contributed by atoms with Gasteiger partial charge in [-0.05, 0) is 17.7 Å². The van der Waals surface area contributed by atoms with E-state index in [2.05, 4.69) is 15.1 Å². The Morgan fingerprint density at radius 3 is 2.66 bits per heavy atom. The molecule has 2 fully saturated rings. The second-order valence-corrected chi connectivity index (χ2v) is 9.33. The van der Waals surface area contributed by atoms with Crippen LogP contribution in [0.25, 0.3) is 5.69 Å². The first kappa shape index (κ1) is 27.2. The third-order valence-corrected chi connectivity index (χ3v) is 6.45. The van der Waals surface area contributed by atoms with Crippen molar-refractivity contribution in [3.05, 3.63) is 70.0 Å². The van der Waals surface area contributed by atoms with Crippen molar-refractivity contribution in [3.8, 4) is 5.69 Å². The number of methoxy groups -OCH3 is 1. The minimum absolute atomic E-state index is 0.0554. The first-order valence-electron chi connectivity index (χ1n) is 11.4. The van der Waals surface area contributed by atoms with Crippen LogP contribution in [-0.4, -0.2) is 64.6 Å². The molecule has 5 rings (SSSR count). The number of hydrogen-bond acceptors (Lipinski definition) is 9. The highest BCUT2D eigenvalue weighted by molar-refractivity contribution is 6.30. The molecule has 0 saturated carbocycles.